The average Bonchev–Trinajstić information content (AvgIpc) is 3.34. The smallest absolute Gasteiger partial charge is 0.265 e. The van der Waals surface area contributed by atoms with E-state index in [0.717, 1.165) is 5.69 Å². The molecule has 9 heteroatoms. The first-order valence-corrected chi connectivity index (χ1v) is 9.85. The van der Waals surface area contributed by atoms with E-state index in [2.05, 4.69) is 15.2 Å². The summed E-state index contributed by atoms with van der Waals surface area (Å²) in [5.41, 5.74) is 2.36. The summed E-state index contributed by atoms with van der Waals surface area (Å²) >= 11 is 0. The lowest BCUT2D eigenvalue weighted by atomic mass is 10.1. The first kappa shape index (κ1) is 20.5. The van der Waals surface area contributed by atoms with Crippen LogP contribution in [0.4, 0.5) is 4.39 Å². The van der Waals surface area contributed by atoms with Crippen molar-refractivity contribution < 1.29 is 13.6 Å². The van der Waals surface area contributed by atoms with Crippen LogP contribution in [0.2, 0.25) is 0 Å². The Morgan fingerprint density at radius 3 is 2.90 bits per heavy atom. The predicted molar refractivity (Wildman–Crippen MR) is 113 cm³/mol. The number of carbonyl (C=O) groups excluding carboxylic acids is 1. The summed E-state index contributed by atoms with van der Waals surface area (Å²) in [6, 6.07) is 8.14. The number of aromatic nitrogens is 4. The Hall–Kier alpha value is -3.75. The number of rotatable bonds is 6. The molecule has 0 bridgehead atoms. The third-order valence-electron chi connectivity index (χ3n) is 5.20. The van der Waals surface area contributed by atoms with E-state index < -0.39 is 0 Å². The topological polar surface area (TPSA) is 97.0 Å². The molecule has 1 amide bonds. The molecule has 4 aromatic rings. The van der Waals surface area contributed by atoms with Gasteiger partial charge in [-0.2, -0.15) is 5.10 Å². The lowest BCUT2D eigenvalue weighted by Gasteiger charge is -2.16. The van der Waals surface area contributed by atoms with Crippen LogP contribution in [0.25, 0.3) is 22.4 Å². The van der Waals surface area contributed by atoms with Crippen molar-refractivity contribution in [1.29, 1.82) is 0 Å². The minimum atomic E-state index is -0.319. The van der Waals surface area contributed by atoms with E-state index in [9.17, 15) is 14.0 Å². The highest BCUT2D eigenvalue weighted by molar-refractivity contribution is 6.06. The van der Waals surface area contributed by atoms with Gasteiger partial charge in [0.05, 0.1) is 11.3 Å². The third-order valence-corrected chi connectivity index (χ3v) is 5.20. The van der Waals surface area contributed by atoms with Gasteiger partial charge >= 0.3 is 0 Å². The van der Waals surface area contributed by atoms with E-state index in [-0.39, 0.29) is 33.9 Å². The Bertz CT molecular complexity index is 1320. The van der Waals surface area contributed by atoms with E-state index in [4.69, 9.17) is 4.42 Å². The van der Waals surface area contributed by atoms with Gasteiger partial charge < -0.3 is 13.9 Å². The van der Waals surface area contributed by atoms with Gasteiger partial charge in [-0.25, -0.2) is 9.37 Å². The number of hydrogen-bond acceptors (Lipinski definition) is 5. The van der Waals surface area contributed by atoms with Crippen molar-refractivity contribution in [2.24, 2.45) is 7.05 Å². The molecular formula is C22H22FN5O3. The SMILES string of the molecule is Cc1oc2ncn(C)c(=O)c2c1C(=O)N(C)CCCc1cc(-c2cccc(F)c2)n[nH]1. The molecule has 1 N–H and O–H groups in total. The van der Waals surface area contributed by atoms with Crippen molar-refractivity contribution in [3.8, 4) is 11.3 Å². The molecule has 0 unspecified atom stereocenters. The standard InChI is InChI=1S/C22H22FN5O3/c1-13-18(19-20(31-13)24-12-28(3)22(19)30)21(29)27(2)9-5-8-16-11-17(26-25-16)14-6-4-7-15(23)10-14/h4,6-7,10-12H,5,8-9H2,1-3H3,(H,25,26). The largest absolute Gasteiger partial charge is 0.442 e. The second kappa shape index (κ2) is 8.17. The van der Waals surface area contributed by atoms with Crippen molar-refractivity contribution in [1.82, 2.24) is 24.6 Å². The minimum Gasteiger partial charge on any atom is -0.442 e. The van der Waals surface area contributed by atoms with Gasteiger partial charge in [0, 0.05) is 31.9 Å². The summed E-state index contributed by atoms with van der Waals surface area (Å²) in [5, 5.41) is 7.40. The first-order chi connectivity index (χ1) is 14.8. The molecule has 31 heavy (non-hydrogen) atoms. The van der Waals surface area contributed by atoms with E-state index in [0.29, 0.717) is 36.4 Å². The number of nitrogens with one attached hydrogen (secondary N) is 1. The molecule has 1 aromatic carbocycles. The fourth-order valence-corrected chi connectivity index (χ4v) is 3.53. The number of carbonyl (C=O) groups is 1. The lowest BCUT2D eigenvalue weighted by Crippen LogP contribution is -2.29. The number of fused-ring (bicyclic) bond motifs is 1. The van der Waals surface area contributed by atoms with Crippen LogP contribution in [0.3, 0.4) is 0 Å². The number of amides is 1. The molecule has 0 aliphatic carbocycles. The number of furan rings is 1. The average molecular weight is 423 g/mol. The molecule has 0 aliphatic heterocycles. The quantitative estimate of drug-likeness (QED) is 0.514. The summed E-state index contributed by atoms with van der Waals surface area (Å²) in [6.07, 6.45) is 2.71. The highest BCUT2D eigenvalue weighted by atomic mass is 19.1. The summed E-state index contributed by atoms with van der Waals surface area (Å²) in [6.45, 7) is 2.13. The lowest BCUT2D eigenvalue weighted by molar-refractivity contribution is 0.0793. The summed E-state index contributed by atoms with van der Waals surface area (Å²) < 4.78 is 20.3. The van der Waals surface area contributed by atoms with Crippen LogP contribution in [0.5, 0.6) is 0 Å². The summed E-state index contributed by atoms with van der Waals surface area (Å²) in [7, 11) is 3.27. The van der Waals surface area contributed by atoms with E-state index in [1.807, 2.05) is 6.07 Å². The normalized spacial score (nSPS) is 11.2. The maximum absolute atomic E-state index is 13.4. The molecule has 0 saturated carbocycles. The van der Waals surface area contributed by atoms with Crippen molar-refractivity contribution in [2.45, 2.75) is 19.8 Å². The summed E-state index contributed by atoms with van der Waals surface area (Å²) in [4.78, 5) is 31.1. The highest BCUT2D eigenvalue weighted by Gasteiger charge is 2.24. The Labute approximate surface area is 177 Å². The Kier molecular flexibility index (Phi) is 5.41. The zero-order chi connectivity index (χ0) is 22.1. The second-order valence-electron chi connectivity index (χ2n) is 7.49. The molecular weight excluding hydrogens is 401 g/mol. The monoisotopic (exact) mass is 423 g/mol. The molecule has 3 heterocycles. The van der Waals surface area contributed by atoms with Crippen LogP contribution in [0.1, 0.15) is 28.2 Å². The summed E-state index contributed by atoms with van der Waals surface area (Å²) in [5.74, 6) is -0.225. The van der Waals surface area contributed by atoms with Gasteiger partial charge in [0.1, 0.15) is 23.3 Å². The molecule has 0 atom stereocenters. The van der Waals surface area contributed by atoms with Gasteiger partial charge in [0.2, 0.25) is 5.71 Å². The molecule has 8 nitrogen and oxygen atoms in total. The molecule has 3 aromatic heterocycles. The second-order valence-corrected chi connectivity index (χ2v) is 7.49. The third kappa shape index (κ3) is 3.98. The number of hydrogen-bond donors (Lipinski definition) is 1. The van der Waals surface area contributed by atoms with Gasteiger partial charge in [-0.3, -0.25) is 14.7 Å². The van der Waals surface area contributed by atoms with Crippen LogP contribution < -0.4 is 5.56 Å². The molecule has 4 rings (SSSR count). The predicted octanol–water partition coefficient (Wildman–Crippen LogP) is 3.07. The van der Waals surface area contributed by atoms with Crippen molar-refractivity contribution >= 4 is 17.0 Å². The highest BCUT2D eigenvalue weighted by Crippen LogP contribution is 2.23. The fraction of sp³-hybridized carbons (Fsp3) is 0.273. The number of nitrogens with zero attached hydrogens (tertiary/aromatic N) is 4. The Balaban J connectivity index is 1.43. The fourth-order valence-electron chi connectivity index (χ4n) is 3.53. The van der Waals surface area contributed by atoms with Crippen molar-refractivity contribution in [3.05, 3.63) is 69.8 Å². The maximum atomic E-state index is 13.4. The van der Waals surface area contributed by atoms with Gasteiger partial charge in [-0.15, -0.1) is 0 Å². The minimum absolute atomic E-state index is 0.166. The first-order valence-electron chi connectivity index (χ1n) is 9.85. The molecule has 0 saturated heterocycles. The van der Waals surface area contributed by atoms with E-state index in [1.165, 1.54) is 23.0 Å². The number of benzene rings is 1. The van der Waals surface area contributed by atoms with Crippen molar-refractivity contribution in [2.75, 3.05) is 13.6 Å². The zero-order valence-corrected chi connectivity index (χ0v) is 17.5. The zero-order valence-electron chi connectivity index (χ0n) is 17.5. The van der Waals surface area contributed by atoms with Gasteiger partial charge in [0.25, 0.3) is 11.5 Å². The van der Waals surface area contributed by atoms with E-state index >= 15 is 0 Å². The number of aryl methyl sites for hydroxylation is 3. The van der Waals surface area contributed by atoms with Crippen LogP contribution in [-0.4, -0.2) is 44.1 Å². The maximum Gasteiger partial charge on any atom is 0.265 e. The van der Waals surface area contributed by atoms with Gasteiger partial charge in [-0.05, 0) is 38.0 Å². The van der Waals surface area contributed by atoms with E-state index in [1.54, 1.807) is 38.1 Å². The molecule has 0 spiro atoms. The van der Waals surface area contributed by atoms with Crippen LogP contribution in [-0.2, 0) is 13.5 Å². The molecule has 0 aliphatic rings. The number of halogens is 1. The van der Waals surface area contributed by atoms with Crippen LogP contribution >= 0.6 is 0 Å². The van der Waals surface area contributed by atoms with Crippen LogP contribution in [0, 0.1) is 12.7 Å². The Morgan fingerprint density at radius 1 is 1.32 bits per heavy atom. The van der Waals surface area contributed by atoms with Gasteiger partial charge in [0.15, 0.2) is 0 Å². The Morgan fingerprint density at radius 2 is 2.13 bits per heavy atom. The molecule has 160 valence electrons. The van der Waals surface area contributed by atoms with Gasteiger partial charge in [-0.1, -0.05) is 12.1 Å². The van der Waals surface area contributed by atoms with Crippen LogP contribution in [0.15, 0.2) is 45.9 Å². The number of H-pyrrole nitrogens is 1. The number of aromatic amines is 1. The molecule has 0 fully saturated rings. The molecule has 0 radical (unpaired) electrons. The van der Waals surface area contributed by atoms with Crippen molar-refractivity contribution in [3.63, 3.8) is 0 Å².